The van der Waals surface area contributed by atoms with Gasteiger partial charge in [-0.25, -0.2) is 0 Å². The number of aliphatic hydroxyl groups excluding tert-OH is 5. The van der Waals surface area contributed by atoms with E-state index in [4.69, 9.17) is 25.5 Å². The minimum Gasteiger partial charge on any atom is -0.394 e. The van der Waals surface area contributed by atoms with Crippen LogP contribution in [-0.2, 0) is 5.41 Å². The van der Waals surface area contributed by atoms with Crippen molar-refractivity contribution in [3.63, 3.8) is 0 Å². The van der Waals surface area contributed by atoms with Gasteiger partial charge in [0.1, 0.15) is 6.10 Å². The third kappa shape index (κ3) is 10.2. The molecule has 0 aliphatic rings. The quantitative estimate of drug-likeness (QED) is 0.530. The van der Waals surface area contributed by atoms with E-state index in [-0.39, 0.29) is 25.2 Å². The van der Waals surface area contributed by atoms with Gasteiger partial charge in [-0.2, -0.15) is 0 Å². The zero-order chi connectivity index (χ0) is 20.7. The van der Waals surface area contributed by atoms with Crippen molar-refractivity contribution in [3.05, 3.63) is 71.8 Å². The highest BCUT2D eigenvalue weighted by molar-refractivity contribution is 5.36. The van der Waals surface area contributed by atoms with Crippen LogP contribution >= 0.6 is 0 Å². The van der Waals surface area contributed by atoms with E-state index in [0.717, 1.165) is 0 Å². The van der Waals surface area contributed by atoms with Crippen molar-refractivity contribution < 1.29 is 25.5 Å². The SMILES string of the molecule is CC(C)(c1ccccc1)c1ccccc1.CCC(O)CO.OCC(O)CO. The molecule has 5 nitrogen and oxygen atoms in total. The van der Waals surface area contributed by atoms with Crippen LogP contribution in [0.15, 0.2) is 60.7 Å². The van der Waals surface area contributed by atoms with Crippen molar-refractivity contribution >= 4 is 0 Å². The van der Waals surface area contributed by atoms with E-state index < -0.39 is 12.2 Å². The number of hydrogen-bond acceptors (Lipinski definition) is 5. The summed E-state index contributed by atoms with van der Waals surface area (Å²) < 4.78 is 0. The first-order valence-electron chi connectivity index (χ1n) is 9.13. The van der Waals surface area contributed by atoms with Gasteiger partial charge in [-0.05, 0) is 17.5 Å². The van der Waals surface area contributed by atoms with Crippen LogP contribution in [0, 0.1) is 0 Å². The molecule has 1 unspecified atom stereocenters. The fourth-order valence-electron chi connectivity index (χ4n) is 2.06. The van der Waals surface area contributed by atoms with Crippen LogP contribution in [0.25, 0.3) is 0 Å². The van der Waals surface area contributed by atoms with Crippen LogP contribution < -0.4 is 0 Å². The molecule has 0 saturated carbocycles. The molecule has 0 spiro atoms. The second-order valence-electron chi connectivity index (χ2n) is 6.62. The topological polar surface area (TPSA) is 101 Å². The molecule has 2 rings (SSSR count). The summed E-state index contributed by atoms with van der Waals surface area (Å²) in [6, 6.07) is 21.3. The Bertz CT molecular complexity index is 512. The number of aliphatic hydroxyl groups is 5. The third-order valence-corrected chi connectivity index (χ3v) is 4.09. The maximum absolute atomic E-state index is 8.42. The van der Waals surface area contributed by atoms with E-state index in [2.05, 4.69) is 74.5 Å². The lowest BCUT2D eigenvalue weighted by molar-refractivity contribution is 0.0450. The molecular formula is C22H34O5. The Kier molecular flexibility index (Phi) is 13.4. The van der Waals surface area contributed by atoms with Crippen molar-refractivity contribution in [2.45, 2.75) is 44.8 Å². The molecule has 0 saturated heterocycles. The molecule has 5 heteroatoms. The van der Waals surface area contributed by atoms with Crippen LogP contribution in [0.2, 0.25) is 0 Å². The molecule has 0 bridgehead atoms. The molecule has 152 valence electrons. The molecule has 0 aliphatic carbocycles. The first kappa shape index (κ1) is 25.2. The van der Waals surface area contributed by atoms with Crippen molar-refractivity contribution in [2.75, 3.05) is 19.8 Å². The Balaban J connectivity index is 0.000000470. The molecule has 0 amide bonds. The Morgan fingerprint density at radius 2 is 1.00 bits per heavy atom. The number of rotatable bonds is 6. The molecule has 27 heavy (non-hydrogen) atoms. The van der Waals surface area contributed by atoms with Crippen LogP contribution in [0.1, 0.15) is 38.3 Å². The highest BCUT2D eigenvalue weighted by Gasteiger charge is 2.21. The monoisotopic (exact) mass is 378 g/mol. The standard InChI is InChI=1S/C15H16.C4H10O2.C3H8O3/c1-15(2,13-9-5-3-6-10-13)14-11-7-4-8-12-14;1-2-4(6)3-5;4-1-3(6)2-5/h3-12H,1-2H3;4-6H,2-3H2,1H3;3-6H,1-2H2. The van der Waals surface area contributed by atoms with Gasteiger partial charge >= 0.3 is 0 Å². The zero-order valence-electron chi connectivity index (χ0n) is 16.5. The Labute approximate surface area is 162 Å². The van der Waals surface area contributed by atoms with Crippen LogP contribution in [-0.4, -0.2) is 57.6 Å². The fraction of sp³-hybridized carbons (Fsp3) is 0.455. The van der Waals surface area contributed by atoms with E-state index in [0.29, 0.717) is 6.42 Å². The molecule has 0 heterocycles. The molecule has 0 aliphatic heterocycles. The van der Waals surface area contributed by atoms with Gasteiger partial charge < -0.3 is 25.5 Å². The van der Waals surface area contributed by atoms with E-state index in [1.807, 2.05) is 6.92 Å². The zero-order valence-corrected chi connectivity index (χ0v) is 16.5. The predicted molar refractivity (Wildman–Crippen MR) is 109 cm³/mol. The highest BCUT2D eigenvalue weighted by atomic mass is 16.3. The lowest BCUT2D eigenvalue weighted by Crippen LogP contribution is -2.18. The molecule has 0 fully saturated rings. The smallest absolute Gasteiger partial charge is 0.100 e. The molecular weight excluding hydrogens is 344 g/mol. The molecule has 2 aromatic rings. The van der Waals surface area contributed by atoms with Gasteiger partial charge in [0.05, 0.1) is 25.9 Å². The van der Waals surface area contributed by atoms with Gasteiger partial charge in [0.15, 0.2) is 0 Å². The van der Waals surface area contributed by atoms with Crippen molar-refractivity contribution in [1.29, 1.82) is 0 Å². The van der Waals surface area contributed by atoms with E-state index in [1.165, 1.54) is 11.1 Å². The molecule has 5 N–H and O–H groups in total. The maximum atomic E-state index is 8.42. The Morgan fingerprint density at radius 3 is 1.19 bits per heavy atom. The first-order valence-corrected chi connectivity index (χ1v) is 9.13. The fourth-order valence-corrected chi connectivity index (χ4v) is 2.06. The summed E-state index contributed by atoms with van der Waals surface area (Å²) in [6.45, 7) is 5.50. The summed E-state index contributed by atoms with van der Waals surface area (Å²) in [5.74, 6) is 0. The van der Waals surface area contributed by atoms with Crippen molar-refractivity contribution in [2.24, 2.45) is 0 Å². The third-order valence-electron chi connectivity index (χ3n) is 4.09. The maximum Gasteiger partial charge on any atom is 0.100 e. The second kappa shape index (κ2) is 14.3. The van der Waals surface area contributed by atoms with Crippen LogP contribution in [0.5, 0.6) is 0 Å². The Hall–Kier alpha value is -1.76. The minimum atomic E-state index is -0.954. The summed E-state index contributed by atoms with van der Waals surface area (Å²) in [7, 11) is 0. The summed E-state index contributed by atoms with van der Waals surface area (Å²) in [5, 5.41) is 40.5. The first-order chi connectivity index (χ1) is 12.8. The van der Waals surface area contributed by atoms with Gasteiger partial charge in [-0.15, -0.1) is 0 Å². The molecule has 1 atom stereocenters. The molecule has 0 radical (unpaired) electrons. The summed E-state index contributed by atoms with van der Waals surface area (Å²) in [5.41, 5.74) is 2.80. The van der Waals surface area contributed by atoms with Gasteiger partial charge in [-0.1, -0.05) is 81.4 Å². The lowest BCUT2D eigenvalue weighted by atomic mass is 9.78. The van der Waals surface area contributed by atoms with Crippen molar-refractivity contribution in [1.82, 2.24) is 0 Å². The predicted octanol–water partition coefficient (Wildman–Crippen LogP) is 2.09. The summed E-state index contributed by atoms with van der Waals surface area (Å²) in [4.78, 5) is 0. The average molecular weight is 379 g/mol. The minimum absolute atomic E-state index is 0.0858. The van der Waals surface area contributed by atoms with E-state index in [9.17, 15) is 0 Å². The lowest BCUT2D eigenvalue weighted by Gasteiger charge is -2.25. The number of hydrogen-bond donors (Lipinski definition) is 5. The molecule has 2 aromatic carbocycles. The van der Waals surface area contributed by atoms with E-state index >= 15 is 0 Å². The molecule has 0 aromatic heterocycles. The van der Waals surface area contributed by atoms with Crippen LogP contribution in [0.3, 0.4) is 0 Å². The van der Waals surface area contributed by atoms with Gasteiger partial charge in [0, 0.05) is 5.41 Å². The van der Waals surface area contributed by atoms with Crippen molar-refractivity contribution in [3.8, 4) is 0 Å². The average Bonchev–Trinajstić information content (AvgIpc) is 2.74. The van der Waals surface area contributed by atoms with Crippen LogP contribution in [0.4, 0.5) is 0 Å². The summed E-state index contributed by atoms with van der Waals surface area (Å²) >= 11 is 0. The number of benzene rings is 2. The van der Waals surface area contributed by atoms with Gasteiger partial charge in [0.2, 0.25) is 0 Å². The highest BCUT2D eigenvalue weighted by Crippen LogP contribution is 2.30. The van der Waals surface area contributed by atoms with Gasteiger partial charge in [0.25, 0.3) is 0 Å². The normalized spacial score (nSPS) is 11.7. The van der Waals surface area contributed by atoms with E-state index in [1.54, 1.807) is 0 Å². The van der Waals surface area contributed by atoms with Gasteiger partial charge in [-0.3, -0.25) is 0 Å². The Morgan fingerprint density at radius 1 is 0.667 bits per heavy atom. The second-order valence-corrected chi connectivity index (χ2v) is 6.62. The largest absolute Gasteiger partial charge is 0.394 e. The summed E-state index contributed by atoms with van der Waals surface area (Å²) in [6.07, 6.45) is -0.828.